The van der Waals surface area contributed by atoms with Crippen molar-refractivity contribution in [2.24, 2.45) is 0 Å². The van der Waals surface area contributed by atoms with E-state index in [9.17, 15) is 0 Å². The highest BCUT2D eigenvalue weighted by Gasteiger charge is 2.02. The van der Waals surface area contributed by atoms with Crippen LogP contribution in [0, 0.1) is 0 Å². The Morgan fingerprint density at radius 3 is 3.07 bits per heavy atom. The van der Waals surface area contributed by atoms with Crippen LogP contribution in [0.15, 0.2) is 36.7 Å². The number of benzene rings is 1. The van der Waals surface area contributed by atoms with Crippen LogP contribution in [0.4, 0.5) is 0 Å². The van der Waals surface area contributed by atoms with Gasteiger partial charge in [0, 0.05) is 11.6 Å². The van der Waals surface area contributed by atoms with Crippen molar-refractivity contribution < 1.29 is 0 Å². The summed E-state index contributed by atoms with van der Waals surface area (Å²) < 4.78 is 2.11. The second-order valence-corrected chi connectivity index (χ2v) is 4.21. The first-order valence-corrected chi connectivity index (χ1v) is 5.29. The van der Waals surface area contributed by atoms with Crippen molar-refractivity contribution in [1.29, 1.82) is 0 Å². The highest BCUT2D eigenvalue weighted by Crippen LogP contribution is 2.18. The Kier molecular flexibility index (Phi) is 2.78. The first-order valence-electron chi connectivity index (χ1n) is 4.91. The Morgan fingerprint density at radius 1 is 1.53 bits per heavy atom. The van der Waals surface area contributed by atoms with Crippen LogP contribution in [0.1, 0.15) is 13.3 Å². The van der Waals surface area contributed by atoms with Gasteiger partial charge in [0.05, 0.1) is 17.4 Å². The minimum absolute atomic E-state index is 0.750. The molecule has 0 aliphatic carbocycles. The maximum Gasteiger partial charge on any atom is 0.0958 e. The van der Waals surface area contributed by atoms with E-state index in [0.717, 1.165) is 29.0 Å². The van der Waals surface area contributed by atoms with E-state index in [0.29, 0.717) is 0 Å². The molecular weight excluding hydrogens is 208 g/mol. The molecule has 0 spiro atoms. The summed E-state index contributed by atoms with van der Waals surface area (Å²) in [6.07, 6.45) is 2.82. The van der Waals surface area contributed by atoms with Gasteiger partial charge >= 0.3 is 0 Å². The third-order valence-corrected chi connectivity index (χ3v) is 2.60. The number of fused-ring (bicyclic) bond motifs is 1. The third-order valence-electron chi connectivity index (χ3n) is 2.36. The summed E-state index contributed by atoms with van der Waals surface area (Å²) in [5.74, 6) is 0. The van der Waals surface area contributed by atoms with Gasteiger partial charge in [-0.2, -0.15) is 0 Å². The van der Waals surface area contributed by atoms with Crippen LogP contribution < -0.4 is 0 Å². The fourth-order valence-corrected chi connectivity index (χ4v) is 1.69. The van der Waals surface area contributed by atoms with Crippen molar-refractivity contribution in [3.63, 3.8) is 0 Å². The predicted molar refractivity (Wildman–Crippen MR) is 64.2 cm³/mol. The summed E-state index contributed by atoms with van der Waals surface area (Å²) in [7, 11) is 0. The molecule has 1 aromatic heterocycles. The SMILES string of the molecule is C=C(C)CCn1cnc2ccc(Cl)cc21. The smallest absolute Gasteiger partial charge is 0.0958 e. The van der Waals surface area contributed by atoms with E-state index in [1.54, 1.807) is 0 Å². The molecule has 0 aliphatic rings. The van der Waals surface area contributed by atoms with Gasteiger partial charge in [0.1, 0.15) is 0 Å². The number of aromatic nitrogens is 2. The molecule has 0 N–H and O–H groups in total. The van der Waals surface area contributed by atoms with Crippen molar-refractivity contribution in [2.45, 2.75) is 19.9 Å². The predicted octanol–water partition coefficient (Wildman–Crippen LogP) is 3.66. The molecule has 0 aliphatic heterocycles. The molecule has 2 aromatic rings. The van der Waals surface area contributed by atoms with Gasteiger partial charge in [0.2, 0.25) is 0 Å². The van der Waals surface area contributed by atoms with Gasteiger partial charge in [0.15, 0.2) is 0 Å². The van der Waals surface area contributed by atoms with E-state index in [2.05, 4.69) is 16.1 Å². The molecule has 78 valence electrons. The number of hydrogen-bond donors (Lipinski definition) is 0. The monoisotopic (exact) mass is 220 g/mol. The van der Waals surface area contributed by atoms with Gasteiger partial charge in [-0.1, -0.05) is 17.2 Å². The van der Waals surface area contributed by atoms with Gasteiger partial charge in [0.25, 0.3) is 0 Å². The Balaban J connectivity index is 2.35. The van der Waals surface area contributed by atoms with Gasteiger partial charge in [-0.25, -0.2) is 4.98 Å². The van der Waals surface area contributed by atoms with E-state index in [1.165, 1.54) is 5.57 Å². The number of imidazole rings is 1. The van der Waals surface area contributed by atoms with Gasteiger partial charge < -0.3 is 4.57 Å². The van der Waals surface area contributed by atoms with Crippen LogP contribution in [0.25, 0.3) is 11.0 Å². The number of halogens is 1. The fraction of sp³-hybridized carbons (Fsp3) is 0.250. The second-order valence-electron chi connectivity index (χ2n) is 3.78. The largest absolute Gasteiger partial charge is 0.330 e. The van der Waals surface area contributed by atoms with Crippen molar-refractivity contribution in [3.8, 4) is 0 Å². The fourth-order valence-electron chi connectivity index (χ4n) is 1.52. The van der Waals surface area contributed by atoms with E-state index in [-0.39, 0.29) is 0 Å². The van der Waals surface area contributed by atoms with E-state index in [1.807, 2.05) is 31.5 Å². The molecule has 1 heterocycles. The number of hydrogen-bond acceptors (Lipinski definition) is 1. The number of allylic oxidation sites excluding steroid dienone is 1. The quantitative estimate of drug-likeness (QED) is 0.722. The molecule has 0 amide bonds. The second kappa shape index (κ2) is 4.07. The zero-order valence-electron chi connectivity index (χ0n) is 8.70. The molecule has 2 rings (SSSR count). The molecule has 0 radical (unpaired) electrons. The normalized spacial score (nSPS) is 10.8. The van der Waals surface area contributed by atoms with Crippen molar-refractivity contribution >= 4 is 22.6 Å². The van der Waals surface area contributed by atoms with Crippen LogP contribution >= 0.6 is 11.6 Å². The third kappa shape index (κ3) is 2.21. The lowest BCUT2D eigenvalue weighted by atomic mass is 10.2. The topological polar surface area (TPSA) is 17.8 Å². The van der Waals surface area contributed by atoms with Crippen LogP contribution in [0.2, 0.25) is 5.02 Å². The summed E-state index contributed by atoms with van der Waals surface area (Å²) in [5, 5.41) is 0.750. The lowest BCUT2D eigenvalue weighted by Gasteiger charge is -2.03. The van der Waals surface area contributed by atoms with Gasteiger partial charge in [-0.15, -0.1) is 6.58 Å². The average Bonchev–Trinajstić information content (AvgIpc) is 2.57. The molecule has 15 heavy (non-hydrogen) atoms. The van der Waals surface area contributed by atoms with Crippen LogP contribution in [0.3, 0.4) is 0 Å². The molecule has 0 saturated heterocycles. The molecule has 0 saturated carbocycles. The molecule has 3 heteroatoms. The zero-order chi connectivity index (χ0) is 10.8. The van der Waals surface area contributed by atoms with E-state index in [4.69, 9.17) is 11.6 Å². The minimum Gasteiger partial charge on any atom is -0.330 e. The van der Waals surface area contributed by atoms with Gasteiger partial charge in [-0.05, 0) is 31.5 Å². The summed E-state index contributed by atoms with van der Waals surface area (Å²) in [5.41, 5.74) is 3.25. The summed E-state index contributed by atoms with van der Waals surface area (Å²) >= 11 is 5.95. The van der Waals surface area contributed by atoms with Crippen LogP contribution in [0.5, 0.6) is 0 Å². The summed E-state index contributed by atoms with van der Waals surface area (Å²) in [6, 6.07) is 5.75. The summed E-state index contributed by atoms with van der Waals surface area (Å²) in [6.45, 7) is 6.84. The Hall–Kier alpha value is -1.28. The molecule has 0 fully saturated rings. The molecule has 0 unspecified atom stereocenters. The maximum absolute atomic E-state index is 5.95. The lowest BCUT2D eigenvalue weighted by Crippen LogP contribution is -1.95. The first-order chi connectivity index (χ1) is 7.16. The minimum atomic E-state index is 0.750. The van der Waals surface area contributed by atoms with E-state index >= 15 is 0 Å². The summed E-state index contributed by atoms with van der Waals surface area (Å²) in [4.78, 5) is 4.31. The maximum atomic E-state index is 5.95. The lowest BCUT2D eigenvalue weighted by molar-refractivity contribution is 0.712. The molecular formula is C12H13ClN2. The standard InChI is InChI=1S/C12H13ClN2/c1-9(2)5-6-15-8-14-11-4-3-10(13)7-12(11)15/h3-4,7-8H,1,5-6H2,2H3. The van der Waals surface area contributed by atoms with Crippen molar-refractivity contribution in [3.05, 3.63) is 41.7 Å². The highest BCUT2D eigenvalue weighted by molar-refractivity contribution is 6.31. The van der Waals surface area contributed by atoms with E-state index < -0.39 is 0 Å². The van der Waals surface area contributed by atoms with Gasteiger partial charge in [-0.3, -0.25) is 0 Å². The van der Waals surface area contributed by atoms with Crippen LogP contribution in [-0.2, 0) is 6.54 Å². The first kappa shape index (κ1) is 10.2. The Labute approximate surface area is 94.2 Å². The molecule has 0 atom stereocenters. The molecule has 1 aromatic carbocycles. The number of aryl methyl sites for hydroxylation is 1. The average molecular weight is 221 g/mol. The zero-order valence-corrected chi connectivity index (χ0v) is 9.46. The highest BCUT2D eigenvalue weighted by atomic mass is 35.5. The van der Waals surface area contributed by atoms with Crippen molar-refractivity contribution in [1.82, 2.24) is 9.55 Å². The van der Waals surface area contributed by atoms with Crippen molar-refractivity contribution in [2.75, 3.05) is 0 Å². The Bertz CT molecular complexity index is 499. The van der Waals surface area contributed by atoms with Crippen LogP contribution in [-0.4, -0.2) is 9.55 Å². The number of rotatable bonds is 3. The molecule has 0 bridgehead atoms. The Morgan fingerprint density at radius 2 is 2.33 bits per heavy atom. The molecule has 2 nitrogen and oxygen atoms in total. The number of nitrogens with zero attached hydrogens (tertiary/aromatic N) is 2.